The highest BCUT2D eigenvalue weighted by molar-refractivity contribution is 6.02. The Bertz CT molecular complexity index is 791. The molecule has 26 heavy (non-hydrogen) atoms. The molecule has 1 aromatic carbocycles. The Morgan fingerprint density at radius 2 is 1.92 bits per heavy atom. The van der Waals surface area contributed by atoms with E-state index in [0.29, 0.717) is 18.9 Å². The number of hydrazine groups is 1. The van der Waals surface area contributed by atoms with Crippen LogP contribution in [0.25, 0.3) is 0 Å². The van der Waals surface area contributed by atoms with Gasteiger partial charge in [0.05, 0.1) is 16.7 Å². The number of nitrogens with zero attached hydrogens (tertiary/aromatic N) is 2. The first-order valence-corrected chi connectivity index (χ1v) is 8.32. The van der Waals surface area contributed by atoms with Crippen molar-refractivity contribution >= 4 is 17.3 Å². The number of nitrogens with one attached hydrogen (secondary N) is 1. The summed E-state index contributed by atoms with van der Waals surface area (Å²) in [6.07, 6.45) is -1.84. The Kier molecular flexibility index (Phi) is 3.58. The van der Waals surface area contributed by atoms with Crippen molar-refractivity contribution in [2.75, 3.05) is 5.01 Å². The predicted molar refractivity (Wildman–Crippen MR) is 82.9 cm³/mol. The summed E-state index contributed by atoms with van der Waals surface area (Å²) in [5, 5.41) is 22.8. The fourth-order valence-corrected chi connectivity index (χ4v) is 4.64. The number of fused-ring (bicyclic) bond motifs is 2. The summed E-state index contributed by atoms with van der Waals surface area (Å²) in [7, 11) is 0. The number of halogens is 3. The molecule has 4 fully saturated rings. The summed E-state index contributed by atoms with van der Waals surface area (Å²) in [4.78, 5) is 22.6. The number of rotatable bonds is 2. The monoisotopic (exact) mass is 371 g/mol. The number of nitro benzene ring substituents is 1. The van der Waals surface area contributed by atoms with E-state index >= 15 is 0 Å². The third-order valence-electron chi connectivity index (χ3n) is 5.89. The lowest BCUT2D eigenvalue weighted by Gasteiger charge is -2.48. The van der Waals surface area contributed by atoms with Gasteiger partial charge in [-0.05, 0) is 49.7 Å². The van der Waals surface area contributed by atoms with Crippen molar-refractivity contribution in [3.05, 3.63) is 33.9 Å². The van der Waals surface area contributed by atoms with Gasteiger partial charge in [0.1, 0.15) is 5.56 Å². The highest BCUT2D eigenvalue weighted by Gasteiger charge is 2.64. The standard InChI is InChI=1S/C16H16F3N3O4/c17-16(18,19)11-7-10(5-6-12(11)22(25)26)21-14(23)15(24)9-3-1-8(2-4-9)13(15)20-21/h5-9,13,20,24H,1-4H2/t8?,9?,13-,15-/m1/s1. The Balaban J connectivity index is 1.75. The van der Waals surface area contributed by atoms with Crippen LogP contribution in [0.4, 0.5) is 24.5 Å². The second-order valence-electron chi connectivity index (χ2n) is 7.14. The molecule has 1 aliphatic heterocycles. The molecular weight excluding hydrogens is 355 g/mol. The van der Waals surface area contributed by atoms with Gasteiger partial charge in [-0.15, -0.1) is 0 Å². The fourth-order valence-electron chi connectivity index (χ4n) is 4.64. The average molecular weight is 371 g/mol. The molecule has 5 rings (SSSR count). The van der Waals surface area contributed by atoms with Crippen LogP contribution in [0.2, 0.25) is 0 Å². The van der Waals surface area contributed by atoms with Gasteiger partial charge in [-0.25, -0.2) is 10.4 Å². The van der Waals surface area contributed by atoms with Crippen molar-refractivity contribution in [3.8, 4) is 0 Å². The van der Waals surface area contributed by atoms with Crippen molar-refractivity contribution in [3.63, 3.8) is 0 Å². The largest absolute Gasteiger partial charge is 0.423 e. The summed E-state index contributed by atoms with van der Waals surface area (Å²) in [6, 6.07) is 1.84. The molecule has 2 N–H and O–H groups in total. The summed E-state index contributed by atoms with van der Waals surface area (Å²) < 4.78 is 39.6. The first-order valence-electron chi connectivity index (χ1n) is 8.32. The van der Waals surface area contributed by atoms with Gasteiger partial charge in [0.2, 0.25) is 0 Å². The Morgan fingerprint density at radius 1 is 1.27 bits per heavy atom. The van der Waals surface area contributed by atoms with E-state index in [9.17, 15) is 33.2 Å². The zero-order chi connectivity index (χ0) is 18.9. The van der Waals surface area contributed by atoms with E-state index in [2.05, 4.69) is 5.43 Å². The molecule has 7 nitrogen and oxygen atoms in total. The molecule has 1 heterocycles. The molecule has 10 heteroatoms. The lowest BCUT2D eigenvalue weighted by atomic mass is 9.59. The molecule has 0 radical (unpaired) electrons. The number of anilines is 1. The minimum atomic E-state index is -4.94. The molecule has 140 valence electrons. The van der Waals surface area contributed by atoms with Crippen LogP contribution in [0, 0.1) is 22.0 Å². The third-order valence-corrected chi connectivity index (χ3v) is 5.89. The van der Waals surface area contributed by atoms with Crippen LogP contribution in [0.15, 0.2) is 18.2 Å². The normalized spacial score (nSPS) is 33.5. The Morgan fingerprint density at radius 3 is 2.46 bits per heavy atom. The number of hydrogen-bond acceptors (Lipinski definition) is 5. The number of nitro groups is 1. The molecule has 2 bridgehead atoms. The lowest BCUT2D eigenvalue weighted by Crippen LogP contribution is -2.61. The minimum absolute atomic E-state index is 0.0686. The molecule has 1 saturated heterocycles. The molecule has 1 amide bonds. The number of benzene rings is 1. The summed E-state index contributed by atoms with van der Waals surface area (Å²) >= 11 is 0. The molecule has 2 atom stereocenters. The zero-order valence-electron chi connectivity index (χ0n) is 13.5. The third kappa shape index (κ3) is 2.25. The Hall–Kier alpha value is -2.20. The zero-order valence-corrected chi connectivity index (χ0v) is 13.5. The van der Waals surface area contributed by atoms with Crippen molar-refractivity contribution < 1.29 is 28.0 Å². The van der Waals surface area contributed by atoms with E-state index < -0.39 is 39.9 Å². The minimum Gasteiger partial charge on any atom is -0.378 e. The molecule has 0 spiro atoms. The van der Waals surface area contributed by atoms with E-state index in [4.69, 9.17) is 0 Å². The maximum atomic E-state index is 13.2. The van der Waals surface area contributed by atoms with E-state index in [1.54, 1.807) is 0 Å². The highest BCUT2D eigenvalue weighted by atomic mass is 19.4. The number of amides is 1. The van der Waals surface area contributed by atoms with Crippen LogP contribution < -0.4 is 10.4 Å². The summed E-state index contributed by atoms with van der Waals surface area (Å²) in [6.45, 7) is 0. The number of hydrogen-bond donors (Lipinski definition) is 2. The van der Waals surface area contributed by atoms with Crippen molar-refractivity contribution in [2.45, 2.75) is 43.5 Å². The maximum Gasteiger partial charge on any atom is 0.423 e. The van der Waals surface area contributed by atoms with Crippen molar-refractivity contribution in [1.82, 2.24) is 5.43 Å². The van der Waals surface area contributed by atoms with Crippen LogP contribution in [0.5, 0.6) is 0 Å². The van der Waals surface area contributed by atoms with Gasteiger partial charge in [0.15, 0.2) is 5.60 Å². The van der Waals surface area contributed by atoms with Gasteiger partial charge < -0.3 is 5.11 Å². The topological polar surface area (TPSA) is 95.7 Å². The first-order chi connectivity index (χ1) is 12.1. The number of aliphatic hydroxyl groups is 1. The molecule has 4 aliphatic rings. The van der Waals surface area contributed by atoms with Crippen molar-refractivity contribution in [1.29, 1.82) is 0 Å². The van der Waals surface area contributed by atoms with Gasteiger partial charge in [0.25, 0.3) is 11.6 Å². The molecule has 3 saturated carbocycles. The number of carbonyl (C=O) groups excluding carboxylic acids is 1. The second kappa shape index (κ2) is 5.40. The smallest absolute Gasteiger partial charge is 0.378 e. The van der Waals surface area contributed by atoms with Gasteiger partial charge in [-0.3, -0.25) is 14.9 Å². The molecular formula is C16H16F3N3O4. The predicted octanol–water partition coefficient (Wildman–Crippen LogP) is 2.38. The first kappa shape index (κ1) is 17.2. The van der Waals surface area contributed by atoms with E-state index in [0.717, 1.165) is 30.0 Å². The summed E-state index contributed by atoms with van der Waals surface area (Å²) in [5.41, 5.74) is -1.46. The van der Waals surface area contributed by atoms with Gasteiger partial charge in [-0.1, -0.05) is 0 Å². The Labute approximate surface area is 145 Å². The molecule has 3 aliphatic carbocycles. The second-order valence-corrected chi connectivity index (χ2v) is 7.14. The number of carbonyl (C=O) groups is 1. The SMILES string of the molecule is O=C1N(c2ccc([N+](=O)[O-])c(C(F)(F)F)c2)N[C@@H]2C3CCC(CC3)[C@]12O. The van der Waals surface area contributed by atoms with Crippen LogP contribution in [0.3, 0.4) is 0 Å². The highest BCUT2D eigenvalue weighted by Crippen LogP contribution is 2.51. The summed E-state index contributed by atoms with van der Waals surface area (Å²) in [5.74, 6) is -0.861. The van der Waals surface area contributed by atoms with E-state index in [1.165, 1.54) is 0 Å². The molecule has 1 aromatic rings. The average Bonchev–Trinajstić information content (AvgIpc) is 2.89. The molecule has 0 unspecified atom stereocenters. The quantitative estimate of drug-likeness (QED) is 0.615. The van der Waals surface area contributed by atoms with E-state index in [-0.39, 0.29) is 17.5 Å². The molecule has 0 aromatic heterocycles. The van der Waals surface area contributed by atoms with Crippen LogP contribution in [-0.4, -0.2) is 27.6 Å². The van der Waals surface area contributed by atoms with Gasteiger partial charge >= 0.3 is 6.18 Å². The fraction of sp³-hybridized carbons (Fsp3) is 0.562. The van der Waals surface area contributed by atoms with Crippen LogP contribution in [-0.2, 0) is 11.0 Å². The van der Waals surface area contributed by atoms with Crippen molar-refractivity contribution in [2.24, 2.45) is 11.8 Å². The van der Waals surface area contributed by atoms with E-state index in [1.807, 2.05) is 0 Å². The lowest BCUT2D eigenvalue weighted by molar-refractivity contribution is -0.388. The maximum absolute atomic E-state index is 13.2. The van der Waals surface area contributed by atoms with Crippen LogP contribution >= 0.6 is 0 Å². The number of alkyl halides is 3. The van der Waals surface area contributed by atoms with Crippen LogP contribution in [0.1, 0.15) is 31.2 Å². The van der Waals surface area contributed by atoms with Gasteiger partial charge in [-0.2, -0.15) is 13.2 Å². The van der Waals surface area contributed by atoms with Gasteiger partial charge in [0, 0.05) is 6.07 Å².